The van der Waals surface area contributed by atoms with Crippen molar-refractivity contribution >= 4 is 5.96 Å². The van der Waals surface area contributed by atoms with Crippen LogP contribution >= 0.6 is 0 Å². The Morgan fingerprint density at radius 3 is 3.00 bits per heavy atom. The van der Waals surface area contributed by atoms with Crippen LogP contribution in [0.25, 0.3) is 0 Å². The first-order valence-corrected chi connectivity index (χ1v) is 3.85. The van der Waals surface area contributed by atoms with Gasteiger partial charge in [0.2, 0.25) is 0 Å². The van der Waals surface area contributed by atoms with Crippen molar-refractivity contribution in [3.8, 4) is 0 Å². The van der Waals surface area contributed by atoms with Crippen molar-refractivity contribution < 1.29 is 0 Å². The van der Waals surface area contributed by atoms with Crippen LogP contribution in [0.3, 0.4) is 0 Å². The lowest BCUT2D eigenvalue weighted by molar-refractivity contribution is 0.442. The van der Waals surface area contributed by atoms with E-state index in [0.717, 1.165) is 19.0 Å². The lowest BCUT2D eigenvalue weighted by atomic mass is 10.3. The summed E-state index contributed by atoms with van der Waals surface area (Å²) in [5.41, 5.74) is 0. The standard InChI is InChI=1S/C7H13N3/c1-5-3-10-4-6(2)9-7(10)8-5/h5-6H,3-4H2,1-2H3,(H,8,9). The molecule has 0 bridgehead atoms. The number of fused-ring (bicyclic) bond motifs is 1. The fraction of sp³-hybridized carbons (Fsp3) is 0.857. The van der Waals surface area contributed by atoms with Crippen molar-refractivity contribution in [2.24, 2.45) is 4.99 Å². The van der Waals surface area contributed by atoms with Gasteiger partial charge in [0.15, 0.2) is 5.96 Å². The molecule has 0 aromatic carbocycles. The number of nitrogens with one attached hydrogen (secondary N) is 1. The summed E-state index contributed by atoms with van der Waals surface area (Å²) in [5.74, 6) is 1.11. The summed E-state index contributed by atoms with van der Waals surface area (Å²) in [6, 6.07) is 1.08. The third-order valence-electron chi connectivity index (χ3n) is 2.00. The zero-order chi connectivity index (χ0) is 7.14. The number of aliphatic imine (C=N–C) groups is 1. The molecule has 0 spiro atoms. The van der Waals surface area contributed by atoms with E-state index in [1.165, 1.54) is 0 Å². The van der Waals surface area contributed by atoms with Crippen LogP contribution in [0.1, 0.15) is 13.8 Å². The van der Waals surface area contributed by atoms with Crippen LogP contribution < -0.4 is 5.32 Å². The quantitative estimate of drug-likeness (QED) is 0.513. The average molecular weight is 139 g/mol. The summed E-state index contributed by atoms with van der Waals surface area (Å²) < 4.78 is 0. The molecule has 0 amide bonds. The molecule has 2 rings (SSSR count). The van der Waals surface area contributed by atoms with Crippen LogP contribution in [0.5, 0.6) is 0 Å². The van der Waals surface area contributed by atoms with E-state index in [1.54, 1.807) is 0 Å². The maximum Gasteiger partial charge on any atom is 0.194 e. The molecule has 2 aliphatic rings. The third-order valence-corrected chi connectivity index (χ3v) is 2.00. The Morgan fingerprint density at radius 1 is 1.50 bits per heavy atom. The number of hydrogen-bond donors (Lipinski definition) is 1. The van der Waals surface area contributed by atoms with E-state index >= 15 is 0 Å². The van der Waals surface area contributed by atoms with E-state index in [2.05, 4.69) is 29.1 Å². The van der Waals surface area contributed by atoms with Crippen LogP contribution in [-0.2, 0) is 0 Å². The Morgan fingerprint density at radius 2 is 2.30 bits per heavy atom. The molecule has 10 heavy (non-hydrogen) atoms. The molecule has 1 fully saturated rings. The van der Waals surface area contributed by atoms with Gasteiger partial charge in [-0.05, 0) is 13.8 Å². The molecule has 0 saturated carbocycles. The van der Waals surface area contributed by atoms with Gasteiger partial charge in [0.05, 0.1) is 6.04 Å². The number of nitrogens with zero attached hydrogens (tertiary/aromatic N) is 2. The van der Waals surface area contributed by atoms with Gasteiger partial charge in [0.25, 0.3) is 0 Å². The molecule has 2 atom stereocenters. The molecule has 2 heterocycles. The topological polar surface area (TPSA) is 27.6 Å². The van der Waals surface area contributed by atoms with Crippen LogP contribution in [0, 0.1) is 0 Å². The summed E-state index contributed by atoms with van der Waals surface area (Å²) in [6.45, 7) is 6.57. The van der Waals surface area contributed by atoms with Gasteiger partial charge in [-0.2, -0.15) is 0 Å². The molecule has 2 aliphatic heterocycles. The Kier molecular flexibility index (Phi) is 1.13. The Balaban J connectivity index is 2.14. The van der Waals surface area contributed by atoms with E-state index in [9.17, 15) is 0 Å². The van der Waals surface area contributed by atoms with Gasteiger partial charge in [-0.15, -0.1) is 0 Å². The molecule has 56 valence electrons. The maximum absolute atomic E-state index is 4.43. The first-order valence-electron chi connectivity index (χ1n) is 3.85. The average Bonchev–Trinajstić information content (AvgIpc) is 2.21. The second kappa shape index (κ2) is 1.87. The number of hydrogen-bond acceptors (Lipinski definition) is 3. The molecule has 0 aromatic rings. The van der Waals surface area contributed by atoms with Gasteiger partial charge in [0, 0.05) is 19.1 Å². The van der Waals surface area contributed by atoms with Crippen molar-refractivity contribution in [2.45, 2.75) is 25.9 Å². The van der Waals surface area contributed by atoms with Crippen molar-refractivity contribution in [1.82, 2.24) is 10.2 Å². The maximum atomic E-state index is 4.43. The van der Waals surface area contributed by atoms with Crippen LogP contribution in [0.15, 0.2) is 4.99 Å². The predicted molar refractivity (Wildman–Crippen MR) is 41.1 cm³/mol. The molecular weight excluding hydrogens is 126 g/mol. The van der Waals surface area contributed by atoms with Gasteiger partial charge in [-0.25, -0.2) is 4.99 Å². The Hall–Kier alpha value is -0.730. The SMILES string of the molecule is CC1CN2CC(C)NC2=N1. The van der Waals surface area contributed by atoms with Crippen molar-refractivity contribution in [2.75, 3.05) is 13.1 Å². The molecule has 1 saturated heterocycles. The van der Waals surface area contributed by atoms with Gasteiger partial charge < -0.3 is 10.2 Å². The predicted octanol–water partition coefficient (Wildman–Crippen LogP) is 0.0382. The van der Waals surface area contributed by atoms with Gasteiger partial charge in [0.1, 0.15) is 0 Å². The Bertz CT molecular complexity index is 176. The summed E-state index contributed by atoms with van der Waals surface area (Å²) in [5, 5.41) is 3.32. The largest absolute Gasteiger partial charge is 0.352 e. The minimum absolute atomic E-state index is 0.495. The zero-order valence-corrected chi connectivity index (χ0v) is 6.46. The van der Waals surface area contributed by atoms with Crippen molar-refractivity contribution in [1.29, 1.82) is 0 Å². The lowest BCUT2D eigenvalue weighted by Crippen LogP contribution is -2.26. The van der Waals surface area contributed by atoms with E-state index < -0.39 is 0 Å². The molecule has 0 aliphatic carbocycles. The molecular formula is C7H13N3. The summed E-state index contributed by atoms with van der Waals surface area (Å²) in [4.78, 5) is 6.75. The highest BCUT2D eigenvalue weighted by Crippen LogP contribution is 2.12. The van der Waals surface area contributed by atoms with E-state index in [0.29, 0.717) is 12.1 Å². The van der Waals surface area contributed by atoms with Gasteiger partial charge >= 0.3 is 0 Å². The lowest BCUT2D eigenvalue weighted by Gasteiger charge is -2.09. The van der Waals surface area contributed by atoms with Crippen LogP contribution in [0.4, 0.5) is 0 Å². The monoisotopic (exact) mass is 139 g/mol. The Labute approximate surface area is 61.1 Å². The number of guanidine groups is 1. The highest BCUT2D eigenvalue weighted by Gasteiger charge is 2.29. The third kappa shape index (κ3) is 0.770. The number of rotatable bonds is 0. The molecule has 0 radical (unpaired) electrons. The smallest absolute Gasteiger partial charge is 0.194 e. The summed E-state index contributed by atoms with van der Waals surface area (Å²) in [7, 11) is 0. The minimum atomic E-state index is 0.495. The first-order chi connectivity index (χ1) is 4.75. The molecule has 3 heteroatoms. The molecule has 2 unspecified atom stereocenters. The molecule has 3 nitrogen and oxygen atoms in total. The first kappa shape index (κ1) is 6.01. The van der Waals surface area contributed by atoms with Crippen molar-refractivity contribution in [3.63, 3.8) is 0 Å². The van der Waals surface area contributed by atoms with E-state index in [4.69, 9.17) is 0 Å². The zero-order valence-electron chi connectivity index (χ0n) is 6.46. The van der Waals surface area contributed by atoms with Gasteiger partial charge in [-0.3, -0.25) is 0 Å². The van der Waals surface area contributed by atoms with E-state index in [1.807, 2.05) is 0 Å². The van der Waals surface area contributed by atoms with Crippen LogP contribution in [-0.4, -0.2) is 36.0 Å². The van der Waals surface area contributed by atoms with Gasteiger partial charge in [-0.1, -0.05) is 0 Å². The fourth-order valence-electron chi connectivity index (χ4n) is 1.62. The highest BCUT2D eigenvalue weighted by atomic mass is 15.4. The fourth-order valence-corrected chi connectivity index (χ4v) is 1.62. The highest BCUT2D eigenvalue weighted by molar-refractivity contribution is 5.84. The minimum Gasteiger partial charge on any atom is -0.352 e. The second-order valence-corrected chi connectivity index (χ2v) is 3.25. The summed E-state index contributed by atoms with van der Waals surface area (Å²) >= 11 is 0. The van der Waals surface area contributed by atoms with Crippen LogP contribution in [0.2, 0.25) is 0 Å². The van der Waals surface area contributed by atoms with Crippen molar-refractivity contribution in [3.05, 3.63) is 0 Å². The summed E-state index contributed by atoms with van der Waals surface area (Å²) in [6.07, 6.45) is 0. The second-order valence-electron chi connectivity index (χ2n) is 3.25. The van der Waals surface area contributed by atoms with E-state index in [-0.39, 0.29) is 0 Å². The molecule has 0 aromatic heterocycles. The molecule has 1 N–H and O–H groups in total. The normalized spacial score (nSPS) is 37.4.